The van der Waals surface area contributed by atoms with Gasteiger partial charge in [0.15, 0.2) is 0 Å². The van der Waals surface area contributed by atoms with Crippen LogP contribution in [-0.2, 0) is 0 Å². The van der Waals surface area contributed by atoms with E-state index in [1.165, 1.54) is 49.3 Å². The summed E-state index contributed by atoms with van der Waals surface area (Å²) in [6.45, 7) is 15.4. The molecule has 1 aliphatic heterocycles. The summed E-state index contributed by atoms with van der Waals surface area (Å²) >= 11 is 6.14. The molecule has 1 saturated heterocycles. The number of hydrogen-bond donors (Lipinski definition) is 1. The van der Waals surface area contributed by atoms with Gasteiger partial charge in [0.2, 0.25) is 0 Å². The second-order valence-corrected chi connectivity index (χ2v) is 10.7. The predicted molar refractivity (Wildman–Crippen MR) is 159 cm³/mol. The van der Waals surface area contributed by atoms with Gasteiger partial charge in [-0.25, -0.2) is 8.78 Å². The van der Waals surface area contributed by atoms with Gasteiger partial charge >= 0.3 is 0 Å². The quantitative estimate of drug-likeness (QED) is 0.255. The van der Waals surface area contributed by atoms with Crippen molar-refractivity contribution in [2.24, 2.45) is 5.92 Å². The minimum Gasteiger partial charge on any atom is -0.372 e. The van der Waals surface area contributed by atoms with E-state index in [9.17, 15) is 8.78 Å². The molecule has 1 aliphatic rings. The smallest absolute Gasteiger partial charge is 0.126 e. The average molecular weight is 542 g/mol. The number of piperidine rings is 1. The molecule has 0 bridgehead atoms. The average Bonchev–Trinajstić information content (AvgIpc) is 3.33. The molecule has 0 amide bonds. The van der Waals surface area contributed by atoms with Crippen LogP contribution in [0.5, 0.6) is 0 Å². The monoisotopic (exact) mass is 541 g/mol. The number of halogens is 3. The normalized spacial score (nSPS) is 17.2. The largest absolute Gasteiger partial charge is 0.372 e. The highest BCUT2D eigenvalue weighted by Crippen LogP contribution is 2.34. The zero-order valence-corrected chi connectivity index (χ0v) is 23.8. The third-order valence-electron chi connectivity index (χ3n) is 7.53. The zero-order valence-electron chi connectivity index (χ0n) is 23.0. The molecular weight excluding hydrogens is 500 g/mol. The first kappa shape index (κ1) is 29.9. The van der Waals surface area contributed by atoms with Crippen LogP contribution in [0.1, 0.15) is 57.9 Å². The molecule has 2 aromatic rings. The van der Waals surface area contributed by atoms with Crippen molar-refractivity contribution in [2.45, 2.75) is 52.4 Å². The van der Waals surface area contributed by atoms with Crippen LogP contribution in [0.2, 0.25) is 5.02 Å². The summed E-state index contributed by atoms with van der Waals surface area (Å²) in [5, 5.41) is 2.08. The van der Waals surface area contributed by atoms with Crippen LogP contribution in [0.15, 0.2) is 84.8 Å². The van der Waals surface area contributed by atoms with E-state index in [0.717, 1.165) is 61.5 Å². The summed E-state index contributed by atoms with van der Waals surface area (Å²) in [5.41, 5.74) is 3.45. The number of fused-ring (bicyclic) bond motifs is 1. The number of likely N-dealkylation sites (tertiary alicyclic amines) is 1. The standard InChI is InChI=1S/C32H42ClF2N3/c1-5-28(34)22-29(35)10-8-7-9-25(4)38(6-2)20-14-24(3)13-17-37-18-15-26(16-19-37)31-23-36-32-21-27(33)11-12-30(31)32/h5,7-12,21-24,26,36H,4,6,13-20H2,1-3H3/b9-7+,10-8+,28-5+,29-22+. The molecule has 0 saturated carbocycles. The van der Waals surface area contributed by atoms with E-state index in [0.29, 0.717) is 11.8 Å². The van der Waals surface area contributed by atoms with Crippen molar-refractivity contribution in [2.75, 3.05) is 32.7 Å². The van der Waals surface area contributed by atoms with Crippen molar-refractivity contribution < 1.29 is 8.78 Å². The van der Waals surface area contributed by atoms with Crippen LogP contribution in [0, 0.1) is 5.92 Å². The molecule has 0 radical (unpaired) electrons. The van der Waals surface area contributed by atoms with Crippen LogP contribution in [0.25, 0.3) is 10.9 Å². The Morgan fingerprint density at radius 2 is 1.92 bits per heavy atom. The molecule has 1 N–H and O–H groups in total. The van der Waals surface area contributed by atoms with E-state index in [2.05, 4.69) is 47.5 Å². The van der Waals surface area contributed by atoms with Crippen LogP contribution in [0.4, 0.5) is 8.78 Å². The van der Waals surface area contributed by atoms with E-state index < -0.39 is 11.7 Å². The van der Waals surface area contributed by atoms with Crippen molar-refractivity contribution in [3.05, 3.63) is 95.4 Å². The topological polar surface area (TPSA) is 22.3 Å². The molecule has 1 aromatic carbocycles. The first-order chi connectivity index (χ1) is 18.3. The summed E-state index contributed by atoms with van der Waals surface area (Å²) in [4.78, 5) is 8.25. The lowest BCUT2D eigenvalue weighted by Gasteiger charge is -2.33. The Bertz CT molecular complexity index is 1170. The lowest BCUT2D eigenvalue weighted by Crippen LogP contribution is -2.34. The SMILES string of the molecule is C=C(/C=C/C=C/C(F)=C\C(F)=C/C)N(CC)CCC(C)CCN1CCC(c2c[nH]c3cc(Cl)ccc23)CC1. The number of nitrogens with zero attached hydrogens (tertiary/aromatic N) is 2. The Hall–Kier alpha value is -2.63. The van der Waals surface area contributed by atoms with Crippen molar-refractivity contribution in [3.8, 4) is 0 Å². The first-order valence-electron chi connectivity index (χ1n) is 13.8. The molecule has 3 nitrogen and oxygen atoms in total. The van der Waals surface area contributed by atoms with Gasteiger partial charge in [-0.2, -0.15) is 0 Å². The summed E-state index contributed by atoms with van der Waals surface area (Å²) in [5.74, 6) is 0.0162. The van der Waals surface area contributed by atoms with Gasteiger partial charge in [0, 0.05) is 47.0 Å². The molecule has 1 fully saturated rings. The second kappa shape index (κ2) is 15.1. The van der Waals surface area contributed by atoms with Gasteiger partial charge in [-0.1, -0.05) is 49.4 Å². The fraction of sp³-hybridized carbons (Fsp3) is 0.438. The van der Waals surface area contributed by atoms with E-state index >= 15 is 0 Å². The number of H-pyrrole nitrogens is 1. The third-order valence-corrected chi connectivity index (χ3v) is 7.76. The van der Waals surface area contributed by atoms with Crippen LogP contribution < -0.4 is 0 Å². The molecule has 2 heterocycles. The summed E-state index contributed by atoms with van der Waals surface area (Å²) < 4.78 is 26.6. The molecule has 1 atom stereocenters. The highest BCUT2D eigenvalue weighted by molar-refractivity contribution is 6.31. The molecule has 38 heavy (non-hydrogen) atoms. The number of rotatable bonds is 13. The molecule has 0 aliphatic carbocycles. The lowest BCUT2D eigenvalue weighted by atomic mass is 9.89. The number of likely N-dealkylation sites (N-methyl/N-ethyl adjacent to an activating group) is 1. The van der Waals surface area contributed by atoms with E-state index in [-0.39, 0.29) is 0 Å². The zero-order chi connectivity index (χ0) is 27.5. The molecule has 6 heteroatoms. The number of aromatic nitrogens is 1. The van der Waals surface area contributed by atoms with Gasteiger partial charge in [-0.15, -0.1) is 0 Å². The molecule has 3 rings (SSSR count). The minimum absolute atomic E-state index is 0.590. The van der Waals surface area contributed by atoms with Crippen molar-refractivity contribution in [3.63, 3.8) is 0 Å². The van der Waals surface area contributed by atoms with Gasteiger partial charge < -0.3 is 14.8 Å². The number of nitrogens with one attached hydrogen (secondary N) is 1. The first-order valence-corrected chi connectivity index (χ1v) is 14.1. The summed E-state index contributed by atoms with van der Waals surface area (Å²) in [7, 11) is 0. The molecule has 0 spiro atoms. The fourth-order valence-electron chi connectivity index (χ4n) is 5.04. The van der Waals surface area contributed by atoms with Crippen LogP contribution in [-0.4, -0.2) is 47.5 Å². The highest BCUT2D eigenvalue weighted by atomic mass is 35.5. The second-order valence-electron chi connectivity index (χ2n) is 10.2. The Morgan fingerprint density at radius 3 is 2.63 bits per heavy atom. The third kappa shape index (κ3) is 8.99. The van der Waals surface area contributed by atoms with Gasteiger partial charge in [-0.05, 0) is 101 Å². The predicted octanol–water partition coefficient (Wildman–Crippen LogP) is 9.09. The molecule has 1 aromatic heterocycles. The number of hydrogen-bond acceptors (Lipinski definition) is 2. The maximum Gasteiger partial charge on any atom is 0.126 e. The fourth-order valence-corrected chi connectivity index (χ4v) is 5.21. The van der Waals surface area contributed by atoms with Crippen LogP contribution in [0.3, 0.4) is 0 Å². The Labute approximate surface area is 232 Å². The lowest BCUT2D eigenvalue weighted by molar-refractivity contribution is 0.197. The summed E-state index contributed by atoms with van der Waals surface area (Å²) in [6.07, 6.45) is 15.3. The van der Waals surface area contributed by atoms with Gasteiger partial charge in [0.25, 0.3) is 0 Å². The van der Waals surface area contributed by atoms with Crippen molar-refractivity contribution in [1.82, 2.24) is 14.8 Å². The number of aromatic amines is 1. The van der Waals surface area contributed by atoms with E-state index in [1.807, 2.05) is 18.2 Å². The van der Waals surface area contributed by atoms with Crippen LogP contribution >= 0.6 is 11.6 Å². The Morgan fingerprint density at radius 1 is 1.18 bits per heavy atom. The highest BCUT2D eigenvalue weighted by Gasteiger charge is 2.23. The summed E-state index contributed by atoms with van der Waals surface area (Å²) in [6, 6.07) is 6.13. The maximum atomic E-state index is 13.6. The van der Waals surface area contributed by atoms with Gasteiger partial charge in [0.05, 0.1) is 0 Å². The van der Waals surface area contributed by atoms with Crippen molar-refractivity contribution >= 4 is 22.5 Å². The number of allylic oxidation sites excluding steroid dienone is 8. The molecular formula is C32H42ClF2N3. The Balaban J connectivity index is 1.37. The van der Waals surface area contributed by atoms with Gasteiger partial charge in [-0.3, -0.25) is 0 Å². The van der Waals surface area contributed by atoms with Crippen molar-refractivity contribution in [1.29, 1.82) is 0 Å². The molecule has 1 unspecified atom stereocenters. The van der Waals surface area contributed by atoms with E-state index in [4.69, 9.17) is 11.6 Å². The molecule has 206 valence electrons. The van der Waals surface area contributed by atoms with E-state index in [1.54, 1.807) is 12.2 Å². The Kier molecular flexibility index (Phi) is 11.9. The maximum absolute atomic E-state index is 13.6. The van der Waals surface area contributed by atoms with Gasteiger partial charge in [0.1, 0.15) is 11.7 Å². The number of benzene rings is 1. The minimum atomic E-state index is -0.621.